The molecule has 0 aliphatic rings. The van der Waals surface area contributed by atoms with Crippen LogP contribution in [-0.2, 0) is 92.8 Å². The number of fused-ring (bicyclic) bond motifs is 1. The summed E-state index contributed by atoms with van der Waals surface area (Å²) in [5, 5.41) is 2.45. The molecule has 1 aromatic heterocycles. The van der Waals surface area contributed by atoms with Crippen LogP contribution in [0, 0.1) is 6.92 Å². The van der Waals surface area contributed by atoms with Crippen molar-refractivity contribution in [2.45, 2.75) is 0 Å². The average molecular weight is 461 g/mol. The topological polar surface area (TPSA) is 4.93 Å². The molecule has 0 aliphatic carbocycles. The molecule has 5 radical (unpaired) electrons. The summed E-state index contributed by atoms with van der Waals surface area (Å²) in [6, 6.07) is 18.6. The minimum atomic E-state index is 0. The van der Waals surface area contributed by atoms with Crippen LogP contribution in [0.15, 0.2) is 60.8 Å². The van der Waals surface area contributed by atoms with Crippen molar-refractivity contribution >= 4 is 10.8 Å². The van der Waals surface area contributed by atoms with Gasteiger partial charge in [0.1, 0.15) is 0 Å². The Labute approximate surface area is 185 Å². The fourth-order valence-corrected chi connectivity index (χ4v) is 2.04. The van der Waals surface area contributed by atoms with E-state index in [1.807, 2.05) is 24.3 Å². The van der Waals surface area contributed by atoms with Crippen molar-refractivity contribution in [1.29, 1.82) is 0 Å². The molecule has 0 saturated carbocycles. The third-order valence-corrected chi connectivity index (χ3v) is 2.87. The number of aromatic nitrogens is 1. The average Bonchev–Trinajstić information content (AvgIpc) is 2.69. The smallest absolute Gasteiger partial charge is 0.0424 e. The molecule has 1 heterocycles. The second-order valence-corrected chi connectivity index (χ2v) is 3.87. The molecule has 3 aromatic rings. The maximum atomic E-state index is 4.15. The van der Waals surface area contributed by atoms with E-state index in [0.717, 1.165) is 11.4 Å². The van der Waals surface area contributed by atoms with Crippen LogP contribution in [0.3, 0.4) is 0 Å². The minimum absolute atomic E-state index is 0. The molecule has 0 fully saturated rings. The van der Waals surface area contributed by atoms with Crippen molar-refractivity contribution < 1.29 is 92.8 Å². The molecule has 0 saturated heterocycles. The Hall–Kier alpha value is 0.772. The Morgan fingerprint density at radius 2 is 1.19 bits per heavy atom. The molecule has 21 heavy (non-hydrogen) atoms. The predicted octanol–water partition coefficient (Wildman–Crippen LogP) is 3.80. The van der Waals surface area contributed by atoms with Crippen LogP contribution < -0.4 is 0 Å². The van der Waals surface area contributed by atoms with Crippen molar-refractivity contribution in [3.63, 3.8) is 0 Å². The Kier molecular flexibility index (Phi) is 15.5. The molecular weight excluding hydrogens is 449 g/mol. The van der Waals surface area contributed by atoms with Gasteiger partial charge in [0.05, 0.1) is 0 Å². The molecule has 0 unspecified atom stereocenters. The standard InChI is InChI=1S/C15H12N.5V/c1-12-15-10-6-5-7-13(15)11-16(12)14-8-3-2-4-9-14;;;;;/h2-11H,1H2;;;;;/q-1;;;;;. The fraction of sp³-hybridized carbons (Fsp3) is 0. The third kappa shape index (κ3) is 5.72. The van der Waals surface area contributed by atoms with Gasteiger partial charge < -0.3 is 4.57 Å². The van der Waals surface area contributed by atoms with E-state index < -0.39 is 0 Å². The van der Waals surface area contributed by atoms with Crippen LogP contribution in [0.1, 0.15) is 5.69 Å². The number of rotatable bonds is 1. The van der Waals surface area contributed by atoms with E-state index in [1.54, 1.807) is 0 Å². The molecule has 0 spiro atoms. The van der Waals surface area contributed by atoms with Crippen molar-refractivity contribution in [2.75, 3.05) is 0 Å². The van der Waals surface area contributed by atoms with Crippen LogP contribution in [0.2, 0.25) is 0 Å². The van der Waals surface area contributed by atoms with E-state index in [1.165, 1.54) is 10.8 Å². The van der Waals surface area contributed by atoms with Crippen molar-refractivity contribution in [1.82, 2.24) is 4.57 Å². The SMILES string of the molecule is [CH2-]c1c2ccccc2cn1-c1ccccc1.[V].[V].[V].[V].[V]. The van der Waals surface area contributed by atoms with Gasteiger partial charge in [0, 0.05) is 98.5 Å². The van der Waals surface area contributed by atoms with Crippen LogP contribution in [0.4, 0.5) is 0 Å². The summed E-state index contributed by atoms with van der Waals surface area (Å²) < 4.78 is 2.13. The fourth-order valence-electron chi connectivity index (χ4n) is 2.04. The molecule has 2 aromatic carbocycles. The first-order valence-corrected chi connectivity index (χ1v) is 5.34. The van der Waals surface area contributed by atoms with Gasteiger partial charge in [-0.25, -0.2) is 6.92 Å². The van der Waals surface area contributed by atoms with Crippen molar-refractivity contribution in [2.24, 2.45) is 0 Å². The van der Waals surface area contributed by atoms with Gasteiger partial charge in [-0.05, 0) is 18.3 Å². The summed E-state index contributed by atoms with van der Waals surface area (Å²) in [7, 11) is 0. The summed E-state index contributed by atoms with van der Waals surface area (Å²) in [6.07, 6.45) is 2.13. The van der Waals surface area contributed by atoms with Gasteiger partial charge in [0.15, 0.2) is 0 Å². The Balaban J connectivity index is -0.000000648. The van der Waals surface area contributed by atoms with Gasteiger partial charge >= 0.3 is 0 Å². The van der Waals surface area contributed by atoms with E-state index in [-0.39, 0.29) is 92.8 Å². The molecule has 0 atom stereocenters. The number of nitrogens with zero attached hydrogens (tertiary/aromatic N) is 1. The molecule has 0 aliphatic heterocycles. The number of benzene rings is 2. The van der Waals surface area contributed by atoms with Crippen LogP contribution >= 0.6 is 0 Å². The van der Waals surface area contributed by atoms with Gasteiger partial charge in [0.25, 0.3) is 0 Å². The quantitative estimate of drug-likeness (QED) is 0.487. The van der Waals surface area contributed by atoms with E-state index in [0.29, 0.717) is 0 Å². The third-order valence-electron chi connectivity index (χ3n) is 2.87. The van der Waals surface area contributed by atoms with E-state index in [2.05, 4.69) is 48.0 Å². The first kappa shape index (κ1) is 26.7. The summed E-state index contributed by atoms with van der Waals surface area (Å²) in [4.78, 5) is 0. The molecule has 3 rings (SSSR count). The zero-order chi connectivity index (χ0) is 11.0. The largest absolute Gasteiger partial charge is 0.353 e. The van der Waals surface area contributed by atoms with E-state index in [9.17, 15) is 0 Å². The maximum absolute atomic E-state index is 4.15. The maximum Gasteiger partial charge on any atom is 0.0424 e. The normalized spacial score (nSPS) is 8.19. The van der Waals surface area contributed by atoms with E-state index in [4.69, 9.17) is 0 Å². The van der Waals surface area contributed by atoms with Crippen LogP contribution in [-0.4, -0.2) is 4.57 Å². The summed E-state index contributed by atoms with van der Waals surface area (Å²) in [5.74, 6) is 0. The van der Waals surface area contributed by atoms with Gasteiger partial charge in [0.2, 0.25) is 0 Å². The van der Waals surface area contributed by atoms with Gasteiger partial charge in [-0.2, -0.15) is 0 Å². The molecule has 103 valence electrons. The Morgan fingerprint density at radius 1 is 0.667 bits per heavy atom. The molecule has 6 heteroatoms. The zero-order valence-electron chi connectivity index (χ0n) is 11.2. The molecular formula is C15H12NV5-. The Bertz CT molecular complexity index is 637. The summed E-state index contributed by atoms with van der Waals surface area (Å²) in [5.41, 5.74) is 2.20. The number of para-hydroxylation sites is 1. The zero-order valence-corrected chi connectivity index (χ0v) is 18.1. The molecule has 0 amide bonds. The molecule has 1 nitrogen and oxygen atoms in total. The Morgan fingerprint density at radius 3 is 1.76 bits per heavy atom. The second kappa shape index (κ2) is 12.2. The van der Waals surface area contributed by atoms with Crippen LogP contribution in [0.5, 0.6) is 0 Å². The van der Waals surface area contributed by atoms with Gasteiger partial charge in [-0.3, -0.25) is 0 Å². The summed E-state index contributed by atoms with van der Waals surface area (Å²) >= 11 is 0. The summed E-state index contributed by atoms with van der Waals surface area (Å²) in [6.45, 7) is 4.15. The number of hydrogen-bond acceptors (Lipinski definition) is 0. The first-order valence-electron chi connectivity index (χ1n) is 5.34. The van der Waals surface area contributed by atoms with Gasteiger partial charge in [-0.1, -0.05) is 41.8 Å². The second-order valence-electron chi connectivity index (χ2n) is 3.87. The number of hydrogen-bond donors (Lipinski definition) is 0. The van der Waals surface area contributed by atoms with Gasteiger partial charge in [-0.15, -0.1) is 17.1 Å². The van der Waals surface area contributed by atoms with Crippen LogP contribution in [0.25, 0.3) is 16.5 Å². The minimum Gasteiger partial charge on any atom is -0.353 e. The van der Waals surface area contributed by atoms with Crippen molar-refractivity contribution in [3.8, 4) is 5.69 Å². The van der Waals surface area contributed by atoms with E-state index >= 15 is 0 Å². The monoisotopic (exact) mass is 461 g/mol. The molecule has 0 N–H and O–H groups in total. The van der Waals surface area contributed by atoms with Crippen molar-refractivity contribution in [3.05, 3.63) is 73.4 Å². The predicted molar refractivity (Wildman–Crippen MR) is 67.7 cm³/mol. The first-order chi connectivity index (χ1) is 7.86. The molecule has 0 bridgehead atoms.